The van der Waals surface area contributed by atoms with Crippen molar-refractivity contribution in [2.75, 3.05) is 10.6 Å². The van der Waals surface area contributed by atoms with Crippen LogP contribution in [0.3, 0.4) is 0 Å². The van der Waals surface area contributed by atoms with E-state index < -0.39 is 0 Å². The van der Waals surface area contributed by atoms with Gasteiger partial charge in [0.05, 0.1) is 0 Å². The topological polar surface area (TPSA) is 54.0 Å². The number of hydrogen-bond donors (Lipinski definition) is 2. The van der Waals surface area contributed by atoms with Gasteiger partial charge in [0.15, 0.2) is 5.13 Å². The Morgan fingerprint density at radius 1 is 1.04 bits per heavy atom. The molecule has 1 heterocycles. The zero-order valence-electron chi connectivity index (χ0n) is 15.5. The lowest BCUT2D eigenvalue weighted by molar-refractivity contribution is 0.102. The smallest absolute Gasteiger partial charge is 0.275 e. The van der Waals surface area contributed by atoms with Crippen LogP contribution in [-0.4, -0.2) is 10.9 Å². The molecule has 0 atom stereocenters. The number of aryl methyl sites for hydroxylation is 2. The Balaban J connectivity index is 1.70. The van der Waals surface area contributed by atoms with E-state index in [1.54, 1.807) is 5.38 Å². The molecule has 2 N–H and O–H groups in total. The molecule has 26 heavy (non-hydrogen) atoms. The average molecular weight is 366 g/mol. The van der Waals surface area contributed by atoms with Crippen molar-refractivity contribution < 1.29 is 4.79 Å². The summed E-state index contributed by atoms with van der Waals surface area (Å²) < 4.78 is 0. The maximum Gasteiger partial charge on any atom is 0.275 e. The lowest BCUT2D eigenvalue weighted by atomic mass is 10.0. The predicted octanol–water partition coefficient (Wildman–Crippen LogP) is 5.88. The Hall–Kier alpha value is -2.66. The standard InChI is InChI=1S/C21H23N3OS/c1-13(2)16-8-10-17(11-9-16)22-20(25)18-12-26-21(23-18)24-19-14(3)6-5-7-15(19)4/h5-13H,1-4H3,(H,22,25)(H,23,24). The molecule has 3 rings (SSSR count). The first-order chi connectivity index (χ1) is 12.4. The number of hydrogen-bond acceptors (Lipinski definition) is 4. The molecule has 0 aliphatic carbocycles. The van der Waals surface area contributed by atoms with E-state index in [0.29, 0.717) is 16.7 Å². The highest BCUT2D eigenvalue weighted by atomic mass is 32.1. The summed E-state index contributed by atoms with van der Waals surface area (Å²) in [7, 11) is 0. The number of amides is 1. The van der Waals surface area contributed by atoms with Gasteiger partial charge in [0, 0.05) is 16.8 Å². The average Bonchev–Trinajstić information content (AvgIpc) is 3.07. The molecule has 1 aromatic heterocycles. The Morgan fingerprint density at radius 3 is 2.31 bits per heavy atom. The van der Waals surface area contributed by atoms with Crippen LogP contribution in [0.4, 0.5) is 16.5 Å². The van der Waals surface area contributed by atoms with Crippen LogP contribution in [0.5, 0.6) is 0 Å². The predicted molar refractivity (Wildman–Crippen MR) is 110 cm³/mol. The van der Waals surface area contributed by atoms with Crippen LogP contribution in [-0.2, 0) is 0 Å². The fourth-order valence-corrected chi connectivity index (χ4v) is 3.40. The SMILES string of the molecule is Cc1cccc(C)c1Nc1nc(C(=O)Nc2ccc(C(C)C)cc2)cs1. The molecule has 1 amide bonds. The Kier molecular flexibility index (Phi) is 5.38. The van der Waals surface area contributed by atoms with Gasteiger partial charge in [-0.25, -0.2) is 4.98 Å². The minimum absolute atomic E-state index is 0.201. The first-order valence-electron chi connectivity index (χ1n) is 8.64. The van der Waals surface area contributed by atoms with Crippen molar-refractivity contribution in [3.05, 3.63) is 70.2 Å². The maximum absolute atomic E-state index is 12.4. The van der Waals surface area contributed by atoms with E-state index in [1.165, 1.54) is 16.9 Å². The van der Waals surface area contributed by atoms with E-state index in [2.05, 4.69) is 55.4 Å². The number of carbonyl (C=O) groups is 1. The highest BCUT2D eigenvalue weighted by Crippen LogP contribution is 2.26. The molecule has 4 nitrogen and oxygen atoms in total. The van der Waals surface area contributed by atoms with Gasteiger partial charge in [0.2, 0.25) is 0 Å². The van der Waals surface area contributed by atoms with Crippen molar-refractivity contribution in [1.29, 1.82) is 0 Å². The lowest BCUT2D eigenvalue weighted by Crippen LogP contribution is -2.12. The van der Waals surface area contributed by atoms with E-state index in [0.717, 1.165) is 22.5 Å². The van der Waals surface area contributed by atoms with Crippen LogP contribution in [0.1, 0.15) is 46.9 Å². The second kappa shape index (κ2) is 7.70. The lowest BCUT2D eigenvalue weighted by Gasteiger charge is -2.10. The van der Waals surface area contributed by atoms with Crippen molar-refractivity contribution in [2.45, 2.75) is 33.6 Å². The van der Waals surface area contributed by atoms with Crippen molar-refractivity contribution in [1.82, 2.24) is 4.98 Å². The molecule has 0 bridgehead atoms. The summed E-state index contributed by atoms with van der Waals surface area (Å²) in [5, 5.41) is 8.71. The Labute approximate surface area is 158 Å². The molecule has 5 heteroatoms. The molecule has 0 aliphatic rings. The third-order valence-electron chi connectivity index (χ3n) is 4.29. The molecule has 134 valence electrons. The largest absolute Gasteiger partial charge is 0.331 e. The highest BCUT2D eigenvalue weighted by Gasteiger charge is 2.12. The number of carbonyl (C=O) groups excluding carboxylic acids is 1. The summed E-state index contributed by atoms with van der Waals surface area (Å²) in [6.45, 7) is 8.40. The van der Waals surface area contributed by atoms with E-state index in [-0.39, 0.29) is 5.91 Å². The maximum atomic E-state index is 12.4. The third kappa shape index (κ3) is 4.11. The highest BCUT2D eigenvalue weighted by molar-refractivity contribution is 7.14. The molecule has 3 aromatic rings. The molecule has 0 fully saturated rings. The van der Waals surface area contributed by atoms with Gasteiger partial charge in [-0.1, -0.05) is 44.2 Å². The number of benzene rings is 2. The van der Waals surface area contributed by atoms with Crippen LogP contribution in [0.15, 0.2) is 47.8 Å². The fraction of sp³-hybridized carbons (Fsp3) is 0.238. The van der Waals surface area contributed by atoms with E-state index in [1.807, 2.05) is 30.3 Å². The van der Waals surface area contributed by atoms with Crippen molar-refractivity contribution >= 4 is 33.8 Å². The quantitative estimate of drug-likeness (QED) is 0.594. The fourth-order valence-electron chi connectivity index (χ4n) is 2.70. The Bertz CT molecular complexity index is 893. The number of rotatable bonds is 5. The zero-order valence-corrected chi connectivity index (χ0v) is 16.3. The minimum atomic E-state index is -0.201. The van der Waals surface area contributed by atoms with Gasteiger partial charge in [-0.15, -0.1) is 11.3 Å². The minimum Gasteiger partial charge on any atom is -0.331 e. The number of nitrogens with one attached hydrogen (secondary N) is 2. The molecular weight excluding hydrogens is 342 g/mol. The van der Waals surface area contributed by atoms with Gasteiger partial charge in [0.25, 0.3) is 5.91 Å². The summed E-state index contributed by atoms with van der Waals surface area (Å²) in [6.07, 6.45) is 0. The van der Waals surface area contributed by atoms with Gasteiger partial charge in [-0.05, 0) is 48.6 Å². The van der Waals surface area contributed by atoms with Gasteiger partial charge in [-0.3, -0.25) is 4.79 Å². The van der Waals surface area contributed by atoms with Crippen molar-refractivity contribution in [3.63, 3.8) is 0 Å². The molecular formula is C21H23N3OS. The summed E-state index contributed by atoms with van der Waals surface area (Å²) >= 11 is 1.42. The number of anilines is 3. The summed E-state index contributed by atoms with van der Waals surface area (Å²) in [6, 6.07) is 14.1. The van der Waals surface area contributed by atoms with Gasteiger partial charge in [0.1, 0.15) is 5.69 Å². The number of nitrogens with zero attached hydrogens (tertiary/aromatic N) is 1. The van der Waals surface area contributed by atoms with Crippen molar-refractivity contribution in [2.24, 2.45) is 0 Å². The van der Waals surface area contributed by atoms with Crippen molar-refractivity contribution in [3.8, 4) is 0 Å². The second-order valence-electron chi connectivity index (χ2n) is 6.66. The Morgan fingerprint density at radius 2 is 1.69 bits per heavy atom. The van der Waals surface area contributed by atoms with E-state index >= 15 is 0 Å². The molecule has 0 saturated carbocycles. The molecule has 2 aromatic carbocycles. The molecule has 0 spiro atoms. The summed E-state index contributed by atoms with van der Waals surface area (Å²) in [5.41, 5.74) is 5.77. The van der Waals surface area contributed by atoms with Gasteiger partial charge < -0.3 is 10.6 Å². The number of aromatic nitrogens is 1. The molecule has 0 saturated heterocycles. The summed E-state index contributed by atoms with van der Waals surface area (Å²) in [5.74, 6) is 0.268. The monoisotopic (exact) mass is 365 g/mol. The second-order valence-corrected chi connectivity index (χ2v) is 7.52. The number of para-hydroxylation sites is 1. The number of thiazole rings is 1. The van der Waals surface area contributed by atoms with Crippen LogP contribution >= 0.6 is 11.3 Å². The summed E-state index contributed by atoms with van der Waals surface area (Å²) in [4.78, 5) is 16.9. The zero-order chi connectivity index (χ0) is 18.7. The van der Waals surface area contributed by atoms with E-state index in [9.17, 15) is 4.79 Å². The van der Waals surface area contributed by atoms with Gasteiger partial charge >= 0.3 is 0 Å². The molecule has 0 unspecified atom stereocenters. The molecule has 0 radical (unpaired) electrons. The first kappa shape index (κ1) is 18.1. The van der Waals surface area contributed by atoms with Crippen LogP contribution < -0.4 is 10.6 Å². The molecule has 0 aliphatic heterocycles. The van der Waals surface area contributed by atoms with E-state index in [4.69, 9.17) is 0 Å². The van der Waals surface area contributed by atoms with Gasteiger partial charge in [-0.2, -0.15) is 0 Å². The third-order valence-corrected chi connectivity index (χ3v) is 5.04. The van der Waals surface area contributed by atoms with Crippen LogP contribution in [0, 0.1) is 13.8 Å². The first-order valence-corrected chi connectivity index (χ1v) is 9.52. The van der Waals surface area contributed by atoms with Crippen LogP contribution in [0.2, 0.25) is 0 Å². The normalized spacial score (nSPS) is 10.8. The van der Waals surface area contributed by atoms with Crippen LogP contribution in [0.25, 0.3) is 0 Å².